The van der Waals surface area contributed by atoms with Crippen LogP contribution in [0.15, 0.2) is 48.5 Å². The van der Waals surface area contributed by atoms with E-state index >= 15 is 4.39 Å². The average molecular weight is 487 g/mol. The Labute approximate surface area is 213 Å². The normalized spacial score (nSPS) is 22.0. The standard InChI is InChI=1S/C31H39FN4/c1-19(2)23-15-35(16-23)17-24-14-22-13-21(10-11-27(22)33-24)30-29-26(25-8-6-7-9-28(25)34-29)12-20(3)36(30)18-31(4,5)32/h6-11,13-14,19-20,23,30,33-34H,12,15-18H2,1-5H3/t20-,30?/m1/s1. The quantitative estimate of drug-likeness (QED) is 0.314. The highest BCUT2D eigenvalue weighted by molar-refractivity contribution is 5.86. The first-order valence-corrected chi connectivity index (χ1v) is 13.5. The Balaban J connectivity index is 1.37. The van der Waals surface area contributed by atoms with Crippen molar-refractivity contribution in [3.63, 3.8) is 0 Å². The van der Waals surface area contributed by atoms with Crippen molar-refractivity contribution < 1.29 is 4.39 Å². The van der Waals surface area contributed by atoms with Crippen LogP contribution in [0, 0.1) is 11.8 Å². The van der Waals surface area contributed by atoms with Crippen molar-refractivity contribution in [1.82, 2.24) is 19.8 Å². The fraction of sp³-hybridized carbons (Fsp3) is 0.484. The molecule has 4 aromatic rings. The number of aromatic amines is 2. The van der Waals surface area contributed by atoms with Crippen molar-refractivity contribution in [1.29, 1.82) is 0 Å². The summed E-state index contributed by atoms with van der Waals surface area (Å²) >= 11 is 0. The topological polar surface area (TPSA) is 38.1 Å². The number of hydrogen-bond acceptors (Lipinski definition) is 2. The van der Waals surface area contributed by atoms with Crippen LogP contribution in [0.3, 0.4) is 0 Å². The van der Waals surface area contributed by atoms with Crippen molar-refractivity contribution in [2.75, 3.05) is 19.6 Å². The first kappa shape index (κ1) is 23.7. The van der Waals surface area contributed by atoms with E-state index in [2.05, 4.69) is 89.1 Å². The molecule has 2 aromatic heterocycles. The van der Waals surface area contributed by atoms with E-state index in [0.717, 1.165) is 24.8 Å². The third-order valence-corrected chi connectivity index (χ3v) is 8.41. The van der Waals surface area contributed by atoms with E-state index in [4.69, 9.17) is 0 Å². The summed E-state index contributed by atoms with van der Waals surface area (Å²) in [7, 11) is 0. The summed E-state index contributed by atoms with van der Waals surface area (Å²) in [5, 5.41) is 2.53. The number of nitrogens with zero attached hydrogens (tertiary/aromatic N) is 2. The molecule has 0 radical (unpaired) electrons. The number of nitrogens with one attached hydrogen (secondary N) is 2. The van der Waals surface area contributed by atoms with Gasteiger partial charge < -0.3 is 9.97 Å². The van der Waals surface area contributed by atoms with Gasteiger partial charge in [-0.05, 0) is 74.4 Å². The van der Waals surface area contributed by atoms with Crippen LogP contribution < -0.4 is 0 Å². The van der Waals surface area contributed by atoms with Crippen LogP contribution in [0.2, 0.25) is 0 Å². The molecule has 190 valence electrons. The smallest absolute Gasteiger partial charge is 0.118 e. The number of alkyl halides is 1. The molecule has 36 heavy (non-hydrogen) atoms. The zero-order valence-electron chi connectivity index (χ0n) is 22.2. The fourth-order valence-corrected chi connectivity index (χ4v) is 6.41. The molecule has 2 aliphatic rings. The molecular formula is C31H39FN4. The average Bonchev–Trinajstić information content (AvgIpc) is 3.35. The minimum absolute atomic E-state index is 0.00360. The predicted octanol–water partition coefficient (Wildman–Crippen LogP) is 6.82. The predicted molar refractivity (Wildman–Crippen MR) is 147 cm³/mol. The van der Waals surface area contributed by atoms with Crippen molar-refractivity contribution >= 4 is 21.8 Å². The van der Waals surface area contributed by atoms with E-state index < -0.39 is 5.67 Å². The summed E-state index contributed by atoms with van der Waals surface area (Å²) in [6.45, 7) is 14.0. The Morgan fingerprint density at radius 3 is 2.56 bits per heavy atom. The Hall–Kier alpha value is -2.63. The second-order valence-corrected chi connectivity index (χ2v) is 12.2. The summed E-state index contributed by atoms with van der Waals surface area (Å²) in [6, 6.07) is 17.9. The van der Waals surface area contributed by atoms with Gasteiger partial charge in [0, 0.05) is 65.4 Å². The van der Waals surface area contributed by atoms with E-state index in [0.29, 0.717) is 6.54 Å². The second-order valence-electron chi connectivity index (χ2n) is 12.2. The van der Waals surface area contributed by atoms with Crippen molar-refractivity contribution in [2.45, 2.75) is 65.3 Å². The van der Waals surface area contributed by atoms with Crippen molar-refractivity contribution in [3.8, 4) is 0 Å². The molecule has 1 fully saturated rings. The maximum atomic E-state index is 15.0. The number of halogens is 1. The molecule has 0 bridgehead atoms. The van der Waals surface area contributed by atoms with E-state index in [1.165, 1.54) is 57.4 Å². The number of aromatic nitrogens is 2. The molecule has 1 unspecified atom stereocenters. The third kappa shape index (κ3) is 4.26. The van der Waals surface area contributed by atoms with Crippen LogP contribution in [-0.4, -0.2) is 51.1 Å². The van der Waals surface area contributed by atoms with Crippen LogP contribution in [-0.2, 0) is 13.0 Å². The number of likely N-dealkylation sites (tertiary alicyclic amines) is 1. The lowest BCUT2D eigenvalue weighted by molar-refractivity contribution is 0.0605. The molecule has 4 nitrogen and oxygen atoms in total. The minimum atomic E-state index is -1.27. The molecular weight excluding hydrogens is 447 g/mol. The van der Waals surface area contributed by atoms with E-state index in [1.807, 2.05) is 0 Å². The van der Waals surface area contributed by atoms with Gasteiger partial charge in [-0.15, -0.1) is 0 Å². The molecule has 2 N–H and O–H groups in total. The van der Waals surface area contributed by atoms with Crippen LogP contribution in [0.1, 0.15) is 63.2 Å². The van der Waals surface area contributed by atoms with Gasteiger partial charge in [-0.3, -0.25) is 9.80 Å². The van der Waals surface area contributed by atoms with Gasteiger partial charge >= 0.3 is 0 Å². The second kappa shape index (κ2) is 8.74. The first-order valence-electron chi connectivity index (χ1n) is 13.5. The third-order valence-electron chi connectivity index (χ3n) is 8.41. The number of H-pyrrole nitrogens is 2. The van der Waals surface area contributed by atoms with Gasteiger partial charge in [0.25, 0.3) is 0 Å². The molecule has 0 amide bonds. The monoisotopic (exact) mass is 486 g/mol. The Morgan fingerprint density at radius 1 is 1.03 bits per heavy atom. The summed E-state index contributed by atoms with van der Waals surface area (Å²) in [5.41, 5.74) is 6.16. The Morgan fingerprint density at radius 2 is 1.81 bits per heavy atom. The molecule has 1 saturated heterocycles. The zero-order chi connectivity index (χ0) is 25.2. The minimum Gasteiger partial charge on any atom is -0.357 e. The number of para-hydroxylation sites is 1. The molecule has 5 heteroatoms. The summed E-state index contributed by atoms with van der Waals surface area (Å²) in [4.78, 5) is 12.3. The van der Waals surface area contributed by atoms with E-state index in [-0.39, 0.29) is 12.1 Å². The number of fused-ring (bicyclic) bond motifs is 4. The van der Waals surface area contributed by atoms with Crippen LogP contribution in [0.5, 0.6) is 0 Å². The Bertz CT molecular complexity index is 1380. The van der Waals surface area contributed by atoms with Gasteiger partial charge in [0.2, 0.25) is 0 Å². The lowest BCUT2D eigenvalue weighted by Crippen LogP contribution is -2.48. The van der Waals surface area contributed by atoms with E-state index in [1.54, 1.807) is 13.8 Å². The van der Waals surface area contributed by atoms with Gasteiger partial charge in [-0.1, -0.05) is 38.1 Å². The molecule has 4 heterocycles. The van der Waals surface area contributed by atoms with Crippen molar-refractivity contribution in [3.05, 3.63) is 71.0 Å². The van der Waals surface area contributed by atoms with Gasteiger partial charge in [0.05, 0.1) is 6.04 Å². The van der Waals surface area contributed by atoms with E-state index in [9.17, 15) is 0 Å². The molecule has 2 aromatic carbocycles. The summed E-state index contributed by atoms with van der Waals surface area (Å²) < 4.78 is 15.0. The maximum absolute atomic E-state index is 15.0. The number of benzene rings is 2. The molecule has 2 aliphatic heterocycles. The number of rotatable bonds is 6. The van der Waals surface area contributed by atoms with Gasteiger partial charge in [0.15, 0.2) is 0 Å². The molecule has 0 spiro atoms. The summed E-state index contributed by atoms with van der Waals surface area (Å²) in [6.07, 6.45) is 0.926. The zero-order valence-corrected chi connectivity index (χ0v) is 22.2. The highest BCUT2D eigenvalue weighted by atomic mass is 19.1. The lowest BCUT2D eigenvalue weighted by Gasteiger charge is -2.43. The fourth-order valence-electron chi connectivity index (χ4n) is 6.41. The van der Waals surface area contributed by atoms with Gasteiger partial charge in [-0.2, -0.15) is 0 Å². The maximum Gasteiger partial charge on any atom is 0.118 e. The highest BCUT2D eigenvalue weighted by Gasteiger charge is 2.38. The first-order chi connectivity index (χ1) is 17.2. The number of hydrogen-bond donors (Lipinski definition) is 2. The SMILES string of the molecule is CC(C)C1CN(Cc2cc3cc(C4c5[nH]c6ccccc6c5C[C@@H](C)N4CC(C)(C)F)ccc3[nH]2)C1. The van der Waals surface area contributed by atoms with Crippen LogP contribution >= 0.6 is 0 Å². The Kier molecular flexibility index (Phi) is 5.77. The molecule has 6 rings (SSSR count). The highest BCUT2D eigenvalue weighted by Crippen LogP contribution is 2.42. The van der Waals surface area contributed by atoms with Gasteiger partial charge in [-0.25, -0.2) is 4.39 Å². The van der Waals surface area contributed by atoms with Gasteiger partial charge in [0.1, 0.15) is 5.67 Å². The van der Waals surface area contributed by atoms with Crippen molar-refractivity contribution in [2.24, 2.45) is 11.8 Å². The van der Waals surface area contributed by atoms with Crippen LogP contribution in [0.25, 0.3) is 21.8 Å². The molecule has 0 aliphatic carbocycles. The molecule has 0 saturated carbocycles. The largest absolute Gasteiger partial charge is 0.357 e. The summed E-state index contributed by atoms with van der Waals surface area (Å²) in [5.74, 6) is 1.58. The lowest BCUT2D eigenvalue weighted by atomic mass is 9.87. The molecule has 2 atom stereocenters. The van der Waals surface area contributed by atoms with Crippen LogP contribution in [0.4, 0.5) is 4.39 Å².